The number of hydrogen-bond donors (Lipinski definition) is 0. The van der Waals surface area contributed by atoms with Crippen LogP contribution in [0.1, 0.15) is 0 Å². The molecule has 2 aromatic heterocycles. The first-order valence-electron chi connectivity index (χ1n) is 2.56. The summed E-state index contributed by atoms with van der Waals surface area (Å²) in [6.45, 7) is 0. The summed E-state index contributed by atoms with van der Waals surface area (Å²) in [6.07, 6.45) is 0. The molecule has 2 aromatic rings. The van der Waals surface area contributed by atoms with Crippen LogP contribution in [0.5, 0.6) is 0 Å². The second kappa shape index (κ2) is 4.45. The molecule has 0 radical (unpaired) electrons. The molecule has 0 saturated carbocycles. The average Bonchev–Trinajstić information content (AvgIpc) is 2.49. The van der Waals surface area contributed by atoms with Crippen LogP contribution < -0.4 is 0 Å². The Morgan fingerprint density at radius 2 is 2.20 bits per heavy atom. The van der Waals surface area contributed by atoms with E-state index in [1.807, 2.05) is 6.07 Å². The Morgan fingerprint density at radius 3 is 2.90 bits per heavy atom. The maximum atomic E-state index is 4.76. The standard InChI is InChI=1S/C6H3S2.ClH.Zn/c1-3-7-6-2-4-8-5(1)6;;/h1-3H;1H;/q-1;;+2/p-1. The molecular formula is C6H3ClS2Zn. The Hall–Kier alpha value is 0.573. The first-order valence-corrected chi connectivity index (χ1v) is 8.16. The Morgan fingerprint density at radius 1 is 1.40 bits per heavy atom. The van der Waals surface area contributed by atoms with Crippen molar-refractivity contribution in [2.45, 2.75) is 0 Å². The van der Waals surface area contributed by atoms with Crippen LogP contribution in [-0.4, -0.2) is 0 Å². The van der Waals surface area contributed by atoms with Crippen LogP contribution >= 0.6 is 32.4 Å². The molecule has 4 heteroatoms. The zero-order chi connectivity index (χ0) is 7.40. The summed E-state index contributed by atoms with van der Waals surface area (Å²) in [6, 6.07) is 4.16. The third-order valence-corrected chi connectivity index (χ3v) is 2.82. The van der Waals surface area contributed by atoms with Gasteiger partial charge in [0.05, 0.1) is 0 Å². The van der Waals surface area contributed by atoms with Crippen molar-refractivity contribution in [1.29, 1.82) is 0 Å². The minimum absolute atomic E-state index is 0.847. The Balaban J connectivity index is 0.000000231. The Labute approximate surface area is 81.5 Å². The van der Waals surface area contributed by atoms with Gasteiger partial charge in [-0.1, -0.05) is 0 Å². The van der Waals surface area contributed by atoms with Crippen LogP contribution in [0.4, 0.5) is 0 Å². The molecule has 48 valence electrons. The van der Waals surface area contributed by atoms with Gasteiger partial charge in [0.25, 0.3) is 0 Å². The van der Waals surface area contributed by atoms with Crippen LogP contribution in [0.3, 0.4) is 0 Å². The number of fused-ring (bicyclic) bond motifs is 1. The van der Waals surface area contributed by atoms with E-state index < -0.39 is 0 Å². The molecular weight excluding hydrogens is 237 g/mol. The van der Waals surface area contributed by atoms with Crippen LogP contribution in [0.2, 0.25) is 0 Å². The molecule has 0 atom stereocenters. The fourth-order valence-electron chi connectivity index (χ4n) is 0.645. The molecule has 0 aliphatic rings. The van der Waals surface area contributed by atoms with Gasteiger partial charge in [0.15, 0.2) is 0 Å². The Kier molecular flexibility index (Phi) is 3.86. The zero-order valence-corrected chi connectivity index (χ0v) is 10.5. The van der Waals surface area contributed by atoms with E-state index in [-0.39, 0.29) is 0 Å². The second-order valence-corrected chi connectivity index (χ2v) is 3.34. The van der Waals surface area contributed by atoms with Crippen molar-refractivity contribution in [1.82, 2.24) is 0 Å². The topological polar surface area (TPSA) is 0 Å². The molecule has 0 fully saturated rings. The van der Waals surface area contributed by atoms with E-state index in [4.69, 9.17) is 9.69 Å². The van der Waals surface area contributed by atoms with Gasteiger partial charge in [-0.05, 0) is 5.38 Å². The fourth-order valence-corrected chi connectivity index (χ4v) is 2.34. The molecule has 0 amide bonds. The molecule has 2 heterocycles. The maximum absolute atomic E-state index is 4.76. The fraction of sp³-hybridized carbons (Fsp3) is 0. The largest absolute Gasteiger partial charge is 0.295 e. The molecule has 0 spiro atoms. The van der Waals surface area contributed by atoms with Crippen molar-refractivity contribution in [3.8, 4) is 0 Å². The first kappa shape index (κ1) is 8.67. The van der Waals surface area contributed by atoms with Crippen LogP contribution in [-0.2, 0) is 17.3 Å². The molecule has 2 rings (SSSR count). The first-order chi connectivity index (χ1) is 4.97. The van der Waals surface area contributed by atoms with Gasteiger partial charge in [0.2, 0.25) is 0 Å². The molecule has 0 aromatic carbocycles. The van der Waals surface area contributed by atoms with E-state index >= 15 is 0 Å². The van der Waals surface area contributed by atoms with E-state index in [2.05, 4.69) is 16.8 Å². The smallest absolute Gasteiger partial charge is 0.0346 e. The molecule has 0 aliphatic carbocycles. The third-order valence-electron chi connectivity index (χ3n) is 1.02. The van der Waals surface area contributed by atoms with Crippen molar-refractivity contribution in [3.05, 3.63) is 22.9 Å². The van der Waals surface area contributed by atoms with Gasteiger partial charge < -0.3 is 0 Å². The van der Waals surface area contributed by atoms with E-state index in [0.29, 0.717) is 0 Å². The van der Waals surface area contributed by atoms with Crippen LogP contribution in [0, 0.1) is 5.38 Å². The van der Waals surface area contributed by atoms with Crippen LogP contribution in [0.15, 0.2) is 17.5 Å². The van der Waals surface area contributed by atoms with Gasteiger partial charge in [-0.2, -0.15) is 6.07 Å². The van der Waals surface area contributed by atoms with Gasteiger partial charge in [-0.15, -0.1) is 20.8 Å². The number of rotatable bonds is 0. The molecule has 0 bridgehead atoms. The second-order valence-electron chi connectivity index (χ2n) is 1.51. The van der Waals surface area contributed by atoms with E-state index in [1.54, 1.807) is 22.7 Å². The number of halogens is 1. The summed E-state index contributed by atoms with van der Waals surface area (Å²) in [4.78, 5) is 0. The predicted molar refractivity (Wildman–Crippen MR) is 44.4 cm³/mol. The summed E-state index contributed by atoms with van der Waals surface area (Å²) < 4.78 is 2.71. The predicted octanol–water partition coefficient (Wildman–Crippen LogP) is 3.45. The molecule has 0 unspecified atom stereocenters. The minimum Gasteiger partial charge on any atom is -0.295 e. The van der Waals surface area contributed by atoms with Gasteiger partial charge in [-0.3, -0.25) is 11.3 Å². The maximum Gasteiger partial charge on any atom is -0.0346 e. The van der Waals surface area contributed by atoms with Crippen molar-refractivity contribution in [3.63, 3.8) is 0 Å². The number of hydrogen-bond acceptors (Lipinski definition) is 2. The van der Waals surface area contributed by atoms with Gasteiger partial charge in [0, 0.05) is 0 Å². The quantitative estimate of drug-likeness (QED) is 0.488. The monoisotopic (exact) mass is 238 g/mol. The summed E-state index contributed by atoms with van der Waals surface area (Å²) in [5, 5.41) is 5.18. The molecule has 0 N–H and O–H groups in total. The Bertz CT molecular complexity index is 237. The van der Waals surface area contributed by atoms with E-state index in [9.17, 15) is 0 Å². The summed E-state index contributed by atoms with van der Waals surface area (Å²) in [5.74, 6) is 0. The zero-order valence-electron chi connectivity index (χ0n) is 5.13. The minimum atomic E-state index is 0.847. The van der Waals surface area contributed by atoms with Gasteiger partial charge in [-0.25, -0.2) is 11.3 Å². The van der Waals surface area contributed by atoms with E-state index in [1.165, 1.54) is 9.40 Å². The van der Waals surface area contributed by atoms with Gasteiger partial charge in [0.1, 0.15) is 0 Å². The van der Waals surface area contributed by atoms with Crippen molar-refractivity contribution in [2.24, 2.45) is 0 Å². The van der Waals surface area contributed by atoms with E-state index in [0.717, 1.165) is 17.3 Å². The van der Waals surface area contributed by atoms with Crippen molar-refractivity contribution >= 4 is 41.8 Å². The normalized spacial score (nSPS) is 9.10. The van der Waals surface area contributed by atoms with Crippen molar-refractivity contribution < 1.29 is 17.3 Å². The third kappa shape index (κ3) is 1.79. The van der Waals surface area contributed by atoms with Crippen molar-refractivity contribution in [2.75, 3.05) is 0 Å². The molecule has 10 heavy (non-hydrogen) atoms. The summed E-state index contributed by atoms with van der Waals surface area (Å²) in [7, 11) is 4.76. The summed E-state index contributed by atoms with van der Waals surface area (Å²) in [5.41, 5.74) is 0. The van der Waals surface area contributed by atoms with Gasteiger partial charge >= 0.3 is 27.0 Å². The number of thiophene rings is 2. The summed E-state index contributed by atoms with van der Waals surface area (Å²) >= 11 is 4.30. The molecule has 0 nitrogen and oxygen atoms in total. The SMILES string of the molecule is [Cl][Zn+].[c-]1cc2sccc2s1. The molecule has 0 aliphatic heterocycles. The van der Waals surface area contributed by atoms with Crippen LogP contribution in [0.25, 0.3) is 9.40 Å². The molecule has 0 saturated heterocycles. The average molecular weight is 240 g/mol.